The van der Waals surface area contributed by atoms with Crippen molar-refractivity contribution in [2.45, 2.75) is 0 Å². The quantitative estimate of drug-likeness (QED) is 0.623. The summed E-state index contributed by atoms with van der Waals surface area (Å²) in [6.45, 7) is 0. The third-order valence-corrected chi connectivity index (χ3v) is 2.57. The number of hydrogen-bond acceptors (Lipinski definition) is 3. The third kappa shape index (κ3) is 1.99. The van der Waals surface area contributed by atoms with Crippen molar-refractivity contribution < 1.29 is 4.79 Å². The summed E-state index contributed by atoms with van der Waals surface area (Å²) in [7, 11) is 0. The van der Waals surface area contributed by atoms with E-state index in [2.05, 4.69) is 4.98 Å². The number of pyridine rings is 1. The van der Waals surface area contributed by atoms with E-state index in [1.165, 1.54) is 0 Å². The molecule has 0 bridgehead atoms. The highest BCUT2D eigenvalue weighted by Gasteiger charge is 2.17. The monoisotopic (exact) mass is 258 g/mol. The molecule has 1 aromatic heterocycles. The lowest BCUT2D eigenvalue weighted by atomic mass is 10.3. The van der Waals surface area contributed by atoms with Gasteiger partial charge >= 0.3 is 0 Å². The molecular weight excluding hydrogens is 258 g/mol. The van der Waals surface area contributed by atoms with E-state index in [4.69, 9.17) is 52.1 Å². The Morgan fingerprint density at radius 2 is 1.77 bits per heavy atom. The minimum absolute atomic E-state index is 0.00710. The van der Waals surface area contributed by atoms with Crippen LogP contribution in [0.15, 0.2) is 0 Å². The summed E-state index contributed by atoms with van der Waals surface area (Å²) in [6.07, 6.45) is 0. The Balaban J connectivity index is 3.50. The van der Waals surface area contributed by atoms with Crippen LogP contribution in [0.4, 0.5) is 5.69 Å². The van der Waals surface area contributed by atoms with Gasteiger partial charge in [0.15, 0.2) is 5.15 Å². The van der Waals surface area contributed by atoms with E-state index < -0.39 is 5.24 Å². The molecule has 3 nitrogen and oxygen atoms in total. The number of carbonyl (C=O) groups excluding carboxylic acids is 1. The largest absolute Gasteiger partial charge is 0.396 e. The van der Waals surface area contributed by atoms with E-state index in [1.54, 1.807) is 0 Å². The highest BCUT2D eigenvalue weighted by Crippen LogP contribution is 2.34. The predicted molar refractivity (Wildman–Crippen MR) is 53.9 cm³/mol. The Morgan fingerprint density at radius 1 is 1.23 bits per heavy atom. The van der Waals surface area contributed by atoms with E-state index in [0.29, 0.717) is 0 Å². The molecule has 0 aliphatic heterocycles. The molecule has 7 heteroatoms. The number of nitrogens with zero attached hydrogens (tertiary/aromatic N) is 1. The molecule has 0 unspecified atom stereocenters. The zero-order chi connectivity index (χ0) is 10.2. The van der Waals surface area contributed by atoms with Gasteiger partial charge in [0.2, 0.25) is 0 Å². The number of rotatable bonds is 1. The van der Waals surface area contributed by atoms with E-state index in [9.17, 15) is 4.79 Å². The summed E-state index contributed by atoms with van der Waals surface area (Å²) in [5.41, 5.74) is 5.22. The van der Waals surface area contributed by atoms with Gasteiger partial charge in [-0.25, -0.2) is 4.98 Å². The number of anilines is 1. The van der Waals surface area contributed by atoms with E-state index >= 15 is 0 Å². The van der Waals surface area contributed by atoms with Crippen LogP contribution < -0.4 is 5.73 Å². The molecule has 0 saturated carbocycles. The molecule has 1 aromatic rings. The minimum atomic E-state index is -0.838. The van der Waals surface area contributed by atoms with Crippen LogP contribution in [0.5, 0.6) is 0 Å². The summed E-state index contributed by atoms with van der Waals surface area (Å²) in [6, 6.07) is 0. The molecule has 1 rings (SSSR count). The highest BCUT2D eigenvalue weighted by molar-refractivity contribution is 6.68. The second-order valence-corrected chi connectivity index (χ2v) is 3.52. The van der Waals surface area contributed by atoms with Crippen molar-refractivity contribution in [1.29, 1.82) is 0 Å². The van der Waals surface area contributed by atoms with Crippen LogP contribution in [0, 0.1) is 0 Å². The molecular formula is C6H2Cl4N2O. The summed E-state index contributed by atoms with van der Waals surface area (Å²) in [5.74, 6) is 0. The topological polar surface area (TPSA) is 56.0 Å². The standard InChI is InChI=1S/C6H2Cl4N2O/c7-1-3(11)2(8)5(9)12-4(1)6(10)13/h(H2,11,12). The van der Waals surface area contributed by atoms with Crippen LogP contribution in [0.25, 0.3) is 0 Å². The highest BCUT2D eigenvalue weighted by atomic mass is 35.5. The number of nitrogen functional groups attached to an aromatic ring is 1. The van der Waals surface area contributed by atoms with Crippen LogP contribution in [0.1, 0.15) is 10.5 Å². The minimum Gasteiger partial charge on any atom is -0.396 e. The molecule has 1 heterocycles. The van der Waals surface area contributed by atoms with Gasteiger partial charge in [0.1, 0.15) is 10.7 Å². The Bertz CT molecular complexity index is 379. The van der Waals surface area contributed by atoms with Crippen LogP contribution in [0.2, 0.25) is 15.2 Å². The molecule has 13 heavy (non-hydrogen) atoms. The maximum absolute atomic E-state index is 10.7. The number of aromatic nitrogens is 1. The molecule has 0 aliphatic carbocycles. The molecule has 0 aliphatic rings. The van der Waals surface area contributed by atoms with Gasteiger partial charge < -0.3 is 5.73 Å². The van der Waals surface area contributed by atoms with Gasteiger partial charge in [-0.2, -0.15) is 0 Å². The van der Waals surface area contributed by atoms with Crippen molar-refractivity contribution >= 4 is 57.3 Å². The summed E-state index contributed by atoms with van der Waals surface area (Å²) in [4.78, 5) is 14.3. The molecule has 70 valence electrons. The predicted octanol–water partition coefficient (Wildman–Crippen LogP) is 3.00. The number of halogens is 4. The van der Waals surface area contributed by atoms with Crippen LogP contribution >= 0.6 is 46.4 Å². The van der Waals surface area contributed by atoms with Gasteiger partial charge in [-0.15, -0.1) is 0 Å². The number of nitrogens with two attached hydrogens (primary N) is 1. The molecule has 0 amide bonds. The fourth-order valence-electron chi connectivity index (χ4n) is 0.662. The molecule has 0 saturated heterocycles. The lowest BCUT2D eigenvalue weighted by Gasteiger charge is -2.05. The summed E-state index contributed by atoms with van der Waals surface area (Å²) < 4.78 is 0. The van der Waals surface area contributed by atoms with Crippen molar-refractivity contribution in [1.82, 2.24) is 4.98 Å². The molecule has 2 N–H and O–H groups in total. The molecule has 0 fully saturated rings. The zero-order valence-corrected chi connectivity index (χ0v) is 8.97. The second-order valence-electron chi connectivity index (χ2n) is 2.07. The maximum Gasteiger partial charge on any atom is 0.272 e. The fraction of sp³-hybridized carbons (Fsp3) is 0. The number of carbonyl (C=O) groups is 1. The molecule has 0 atom stereocenters. The van der Waals surface area contributed by atoms with Gasteiger partial charge in [-0.1, -0.05) is 34.8 Å². The van der Waals surface area contributed by atoms with Gasteiger partial charge in [-0.3, -0.25) is 4.79 Å². The first-order valence-corrected chi connectivity index (χ1v) is 4.46. The first kappa shape index (κ1) is 10.9. The maximum atomic E-state index is 10.7. The van der Waals surface area contributed by atoms with Gasteiger partial charge in [0.05, 0.1) is 10.7 Å². The van der Waals surface area contributed by atoms with Crippen molar-refractivity contribution in [2.75, 3.05) is 5.73 Å². The first-order chi connectivity index (χ1) is 5.95. The lowest BCUT2D eigenvalue weighted by molar-refractivity contribution is 0.107. The van der Waals surface area contributed by atoms with Gasteiger partial charge in [-0.05, 0) is 11.6 Å². The second kappa shape index (κ2) is 3.88. The lowest BCUT2D eigenvalue weighted by Crippen LogP contribution is -2.01. The number of hydrogen-bond donors (Lipinski definition) is 1. The smallest absolute Gasteiger partial charge is 0.272 e. The summed E-state index contributed by atoms with van der Waals surface area (Å²) in [5, 5.41) is -1.02. The van der Waals surface area contributed by atoms with Crippen molar-refractivity contribution in [2.24, 2.45) is 0 Å². The Labute approximate surface area is 93.7 Å². The molecule has 0 aromatic carbocycles. The Morgan fingerprint density at radius 3 is 2.23 bits per heavy atom. The van der Waals surface area contributed by atoms with E-state index in [-0.39, 0.29) is 26.6 Å². The SMILES string of the molecule is Nc1c(Cl)c(Cl)nc(C(=O)Cl)c1Cl. The van der Waals surface area contributed by atoms with Gasteiger partial charge in [0.25, 0.3) is 5.24 Å². The first-order valence-electron chi connectivity index (χ1n) is 2.95. The Kier molecular flexibility index (Phi) is 3.24. The third-order valence-electron chi connectivity index (χ3n) is 1.26. The molecule has 0 radical (unpaired) electrons. The van der Waals surface area contributed by atoms with Crippen molar-refractivity contribution in [3.05, 3.63) is 20.9 Å². The van der Waals surface area contributed by atoms with Crippen LogP contribution in [-0.4, -0.2) is 10.2 Å². The normalized spacial score (nSPS) is 10.2. The average Bonchev–Trinajstić information content (AvgIpc) is 2.07. The average molecular weight is 260 g/mol. The van der Waals surface area contributed by atoms with Crippen molar-refractivity contribution in [3.63, 3.8) is 0 Å². The van der Waals surface area contributed by atoms with Crippen molar-refractivity contribution in [3.8, 4) is 0 Å². The Hall–Kier alpha value is -0.220. The zero-order valence-electron chi connectivity index (χ0n) is 5.94. The molecule has 0 spiro atoms. The van der Waals surface area contributed by atoms with E-state index in [1.807, 2.05) is 0 Å². The fourth-order valence-corrected chi connectivity index (χ4v) is 1.44. The van der Waals surface area contributed by atoms with Crippen LogP contribution in [-0.2, 0) is 0 Å². The van der Waals surface area contributed by atoms with E-state index in [0.717, 1.165) is 0 Å². The van der Waals surface area contributed by atoms with Gasteiger partial charge in [0, 0.05) is 0 Å². The van der Waals surface area contributed by atoms with Crippen LogP contribution in [0.3, 0.4) is 0 Å². The summed E-state index contributed by atoms with van der Waals surface area (Å²) >= 11 is 21.9.